The normalized spacial score (nSPS) is 11.4. The van der Waals surface area contributed by atoms with Crippen LogP contribution in [0.3, 0.4) is 0 Å². The lowest BCUT2D eigenvalue weighted by molar-refractivity contribution is 0.609. The third-order valence-corrected chi connectivity index (χ3v) is 3.93. The number of rotatable bonds is 2. The van der Waals surface area contributed by atoms with Gasteiger partial charge in [0.1, 0.15) is 10.0 Å². The van der Waals surface area contributed by atoms with Crippen LogP contribution in [0.5, 0.6) is 0 Å². The van der Waals surface area contributed by atoms with Gasteiger partial charge in [0.25, 0.3) is 9.05 Å². The molecular weight excluding hydrogens is 281 g/mol. The molecule has 17 heavy (non-hydrogen) atoms. The second-order valence-corrected chi connectivity index (χ2v) is 6.21. The summed E-state index contributed by atoms with van der Waals surface area (Å²) in [7, 11) is 1.38. The molecule has 0 spiro atoms. The first-order chi connectivity index (χ1) is 7.98. The van der Waals surface area contributed by atoms with Crippen LogP contribution >= 0.6 is 22.3 Å². The van der Waals surface area contributed by atoms with Gasteiger partial charge in [-0.3, -0.25) is 0 Å². The molecular formula is C11H7Cl2NO2S. The van der Waals surface area contributed by atoms with E-state index in [1.807, 2.05) is 30.3 Å². The molecule has 0 radical (unpaired) electrons. The summed E-state index contributed by atoms with van der Waals surface area (Å²) in [6.45, 7) is 0. The highest BCUT2D eigenvalue weighted by Crippen LogP contribution is 2.28. The fourth-order valence-electron chi connectivity index (χ4n) is 1.39. The quantitative estimate of drug-likeness (QED) is 0.629. The molecule has 6 heteroatoms. The fourth-order valence-corrected chi connectivity index (χ4v) is 2.79. The maximum Gasteiger partial charge on any atom is 0.264 e. The first-order valence-electron chi connectivity index (χ1n) is 4.64. The van der Waals surface area contributed by atoms with Crippen molar-refractivity contribution in [3.63, 3.8) is 0 Å². The Hall–Kier alpha value is -1.10. The van der Waals surface area contributed by atoms with Crippen LogP contribution in [0.2, 0.25) is 5.15 Å². The number of benzene rings is 1. The minimum absolute atomic E-state index is 0.125. The van der Waals surface area contributed by atoms with E-state index in [1.54, 1.807) is 0 Å². The lowest BCUT2D eigenvalue weighted by Crippen LogP contribution is -1.95. The lowest BCUT2D eigenvalue weighted by Gasteiger charge is -2.04. The molecule has 88 valence electrons. The van der Waals surface area contributed by atoms with E-state index in [-0.39, 0.29) is 10.0 Å². The van der Waals surface area contributed by atoms with Crippen LogP contribution in [0.25, 0.3) is 11.1 Å². The summed E-state index contributed by atoms with van der Waals surface area (Å²) in [5.41, 5.74) is 1.49. The Morgan fingerprint density at radius 1 is 1.06 bits per heavy atom. The van der Waals surface area contributed by atoms with Gasteiger partial charge in [0.2, 0.25) is 0 Å². The number of aromatic nitrogens is 1. The van der Waals surface area contributed by atoms with Gasteiger partial charge in [0.15, 0.2) is 0 Å². The maximum absolute atomic E-state index is 11.3. The highest BCUT2D eigenvalue weighted by Gasteiger charge is 2.16. The monoisotopic (exact) mass is 287 g/mol. The van der Waals surface area contributed by atoms with E-state index in [0.717, 1.165) is 5.56 Å². The van der Waals surface area contributed by atoms with E-state index in [2.05, 4.69) is 4.98 Å². The highest BCUT2D eigenvalue weighted by molar-refractivity contribution is 8.13. The third-order valence-electron chi connectivity index (χ3n) is 2.18. The Balaban J connectivity index is 2.61. The first kappa shape index (κ1) is 12.4. The van der Waals surface area contributed by atoms with Crippen molar-refractivity contribution in [3.05, 3.63) is 47.7 Å². The Morgan fingerprint density at radius 2 is 1.71 bits per heavy atom. The zero-order chi connectivity index (χ0) is 12.5. The first-order valence-corrected chi connectivity index (χ1v) is 7.33. The Kier molecular flexibility index (Phi) is 3.38. The molecule has 0 N–H and O–H groups in total. The highest BCUT2D eigenvalue weighted by atomic mass is 35.7. The van der Waals surface area contributed by atoms with Crippen LogP contribution in [0.15, 0.2) is 47.5 Å². The van der Waals surface area contributed by atoms with Crippen molar-refractivity contribution < 1.29 is 8.42 Å². The van der Waals surface area contributed by atoms with Crippen LogP contribution in [0, 0.1) is 0 Å². The summed E-state index contributed by atoms with van der Waals surface area (Å²) in [4.78, 5) is 3.65. The molecule has 0 atom stereocenters. The van der Waals surface area contributed by atoms with Crippen LogP contribution in [-0.4, -0.2) is 13.4 Å². The van der Waals surface area contributed by atoms with Gasteiger partial charge in [0.05, 0.1) is 0 Å². The van der Waals surface area contributed by atoms with E-state index in [1.165, 1.54) is 12.3 Å². The minimum atomic E-state index is -3.89. The number of halogens is 2. The van der Waals surface area contributed by atoms with Crippen molar-refractivity contribution in [2.45, 2.75) is 4.90 Å². The zero-order valence-electron chi connectivity index (χ0n) is 8.47. The molecule has 0 amide bonds. The molecule has 0 aliphatic rings. The van der Waals surface area contributed by atoms with Crippen molar-refractivity contribution in [1.29, 1.82) is 0 Å². The number of hydrogen-bond donors (Lipinski definition) is 0. The van der Waals surface area contributed by atoms with Crippen molar-refractivity contribution in [2.75, 3.05) is 0 Å². The minimum Gasteiger partial charge on any atom is -0.242 e. The summed E-state index contributed by atoms with van der Waals surface area (Å²) in [6, 6.07) is 10.7. The van der Waals surface area contributed by atoms with Crippen LogP contribution < -0.4 is 0 Å². The van der Waals surface area contributed by atoms with Crippen LogP contribution in [0.4, 0.5) is 0 Å². The molecule has 1 aromatic heterocycles. The SMILES string of the molecule is O=S(=O)(Cl)c1cc(-c2ccccc2)cnc1Cl. The molecule has 0 unspecified atom stereocenters. The number of hydrogen-bond acceptors (Lipinski definition) is 3. The van der Waals surface area contributed by atoms with Gasteiger partial charge in [-0.15, -0.1) is 0 Å². The molecule has 1 aromatic carbocycles. The van der Waals surface area contributed by atoms with Crippen molar-refractivity contribution in [2.24, 2.45) is 0 Å². The van der Waals surface area contributed by atoms with Gasteiger partial charge in [-0.05, 0) is 11.6 Å². The zero-order valence-corrected chi connectivity index (χ0v) is 10.8. The second kappa shape index (κ2) is 4.64. The molecule has 0 saturated heterocycles. The largest absolute Gasteiger partial charge is 0.264 e. The van der Waals surface area contributed by atoms with E-state index >= 15 is 0 Å². The summed E-state index contributed by atoms with van der Waals surface area (Å²) in [5, 5.41) is -0.125. The Bertz CT molecular complexity index is 642. The van der Waals surface area contributed by atoms with Gasteiger partial charge in [-0.1, -0.05) is 41.9 Å². The lowest BCUT2D eigenvalue weighted by atomic mass is 10.1. The van der Waals surface area contributed by atoms with Crippen LogP contribution in [-0.2, 0) is 9.05 Å². The molecule has 0 saturated carbocycles. The molecule has 0 fully saturated rings. The smallest absolute Gasteiger partial charge is 0.242 e. The van der Waals surface area contributed by atoms with Gasteiger partial charge in [-0.25, -0.2) is 13.4 Å². The second-order valence-electron chi connectivity index (χ2n) is 3.32. The van der Waals surface area contributed by atoms with E-state index in [4.69, 9.17) is 22.3 Å². The predicted molar refractivity (Wildman–Crippen MR) is 67.7 cm³/mol. The molecule has 0 aliphatic heterocycles. The van der Waals surface area contributed by atoms with Gasteiger partial charge in [0, 0.05) is 22.4 Å². The third kappa shape index (κ3) is 2.77. The fraction of sp³-hybridized carbons (Fsp3) is 0. The van der Waals surface area contributed by atoms with Gasteiger partial charge in [-0.2, -0.15) is 0 Å². The summed E-state index contributed by atoms with van der Waals surface area (Å²) in [6.07, 6.45) is 1.50. The standard InChI is InChI=1S/C11H7Cl2NO2S/c12-11-10(17(13,15)16)6-9(7-14-11)8-4-2-1-3-5-8/h1-7H. The molecule has 0 aliphatic carbocycles. The number of nitrogens with zero attached hydrogens (tertiary/aromatic N) is 1. The van der Waals surface area contributed by atoms with Crippen LogP contribution in [0.1, 0.15) is 0 Å². The summed E-state index contributed by atoms with van der Waals surface area (Å²) in [5.74, 6) is 0. The number of pyridine rings is 1. The average molecular weight is 288 g/mol. The molecule has 2 aromatic rings. The molecule has 0 bridgehead atoms. The predicted octanol–water partition coefficient (Wildman–Crippen LogP) is 3.33. The van der Waals surface area contributed by atoms with E-state index < -0.39 is 9.05 Å². The van der Waals surface area contributed by atoms with E-state index in [0.29, 0.717) is 5.56 Å². The Labute approximate surface area is 108 Å². The molecule has 3 nitrogen and oxygen atoms in total. The van der Waals surface area contributed by atoms with Gasteiger partial charge >= 0.3 is 0 Å². The summed E-state index contributed by atoms with van der Waals surface area (Å²) >= 11 is 5.69. The molecule has 2 rings (SSSR count). The van der Waals surface area contributed by atoms with Crippen molar-refractivity contribution in [3.8, 4) is 11.1 Å². The average Bonchev–Trinajstić information content (AvgIpc) is 2.29. The Morgan fingerprint density at radius 3 is 2.29 bits per heavy atom. The molecule has 1 heterocycles. The van der Waals surface area contributed by atoms with Crippen molar-refractivity contribution in [1.82, 2.24) is 4.98 Å². The van der Waals surface area contributed by atoms with Gasteiger partial charge < -0.3 is 0 Å². The van der Waals surface area contributed by atoms with E-state index in [9.17, 15) is 8.42 Å². The maximum atomic E-state index is 11.3. The summed E-state index contributed by atoms with van der Waals surface area (Å²) < 4.78 is 22.6. The topological polar surface area (TPSA) is 47.0 Å². The van der Waals surface area contributed by atoms with Crippen molar-refractivity contribution >= 4 is 31.3 Å².